The van der Waals surface area contributed by atoms with Crippen LogP contribution in [-0.4, -0.2) is 122 Å². The molecule has 13 nitrogen and oxygen atoms in total. The van der Waals surface area contributed by atoms with Crippen LogP contribution in [0.5, 0.6) is 0 Å². The van der Waals surface area contributed by atoms with Gasteiger partial charge >= 0.3 is 0 Å². The van der Waals surface area contributed by atoms with Crippen LogP contribution >= 0.6 is 0 Å². The number of carbonyl (C=O) groups excluding carboxylic acids is 3. The van der Waals surface area contributed by atoms with Crippen LogP contribution in [-0.2, 0) is 42.8 Å². The van der Waals surface area contributed by atoms with Crippen LogP contribution < -0.4 is 21.7 Å². The molecule has 13 heteroatoms. The maximum Gasteiger partial charge on any atom is 0.220 e. The van der Waals surface area contributed by atoms with Crippen LogP contribution in [0.3, 0.4) is 0 Å². The van der Waals surface area contributed by atoms with Gasteiger partial charge in [0.2, 0.25) is 17.7 Å². The lowest BCUT2D eigenvalue weighted by Gasteiger charge is -2.29. The number of nitrogens with two attached hydrogens (primary N) is 1. The van der Waals surface area contributed by atoms with Crippen molar-refractivity contribution in [3.63, 3.8) is 0 Å². The zero-order chi connectivity index (χ0) is 33.3. The topological polar surface area (TPSA) is 169 Å². The monoisotopic (exact) mass is 636 g/mol. The molecule has 0 fully saturated rings. The Morgan fingerprint density at radius 3 is 1.24 bits per heavy atom. The predicted molar refractivity (Wildman–Crippen MR) is 170 cm³/mol. The van der Waals surface area contributed by atoms with Crippen molar-refractivity contribution in [3.8, 4) is 36.5 Å². The maximum absolute atomic E-state index is 12.5. The minimum Gasteiger partial charge on any atom is -0.377 e. The van der Waals surface area contributed by atoms with Crippen molar-refractivity contribution < 1.29 is 42.8 Å². The van der Waals surface area contributed by atoms with Gasteiger partial charge in [0.15, 0.2) is 0 Å². The van der Waals surface area contributed by atoms with Crippen LogP contribution in [0.1, 0.15) is 45.4 Å². The SMILES string of the molecule is C#CCOCCOCCNC(=O)CCC(N)(CCC(=O)NCCOCCOCC#C)CCC(=O)NCCOCCOCC#CC. The van der Waals surface area contributed by atoms with Gasteiger partial charge in [-0.05, 0) is 26.2 Å². The lowest BCUT2D eigenvalue weighted by atomic mass is 9.84. The molecule has 0 unspecified atom stereocenters. The minimum atomic E-state index is -0.906. The number of hydrogen-bond donors (Lipinski definition) is 4. The number of rotatable bonds is 30. The van der Waals surface area contributed by atoms with Crippen molar-refractivity contribution in [1.82, 2.24) is 16.0 Å². The molecule has 0 aliphatic heterocycles. The Balaban J connectivity index is 4.54. The standard InChI is InChI=1S/C32H52N4O9/c1-4-7-19-42-25-28-45-22-16-36-31(39)10-13-32(33,11-8-29(37)34-14-20-43-26-23-40-17-5-2)12-9-30(38)35-15-21-44-27-24-41-18-6-3/h2-3H,8-28,33H2,1H3,(H,34,37)(H,35,38)(H,36,39). The molecule has 0 radical (unpaired) electrons. The molecule has 0 atom stereocenters. The first-order chi connectivity index (χ1) is 21.9. The van der Waals surface area contributed by atoms with Crippen LogP contribution in [0.4, 0.5) is 0 Å². The molecule has 254 valence electrons. The molecule has 0 saturated carbocycles. The first kappa shape index (κ1) is 41.8. The molecule has 0 aromatic rings. The lowest BCUT2D eigenvalue weighted by Crippen LogP contribution is -2.44. The molecular weight excluding hydrogens is 584 g/mol. The van der Waals surface area contributed by atoms with Gasteiger partial charge in [-0.1, -0.05) is 17.8 Å². The quantitative estimate of drug-likeness (QED) is 0.0610. The van der Waals surface area contributed by atoms with E-state index in [1.165, 1.54) is 0 Å². The van der Waals surface area contributed by atoms with Gasteiger partial charge in [-0.25, -0.2) is 0 Å². The summed E-state index contributed by atoms with van der Waals surface area (Å²) < 4.78 is 31.7. The van der Waals surface area contributed by atoms with E-state index in [4.69, 9.17) is 47.0 Å². The summed E-state index contributed by atoms with van der Waals surface area (Å²) in [5, 5.41) is 8.38. The Kier molecular flexibility index (Phi) is 28.6. The highest BCUT2D eigenvalue weighted by Crippen LogP contribution is 2.23. The van der Waals surface area contributed by atoms with Gasteiger partial charge in [-0.3, -0.25) is 14.4 Å². The predicted octanol–water partition coefficient (Wildman–Crippen LogP) is -0.238. The molecule has 5 N–H and O–H groups in total. The third-order valence-corrected chi connectivity index (χ3v) is 6.09. The van der Waals surface area contributed by atoms with Gasteiger partial charge in [0.1, 0.15) is 19.8 Å². The average Bonchev–Trinajstić information content (AvgIpc) is 3.03. The van der Waals surface area contributed by atoms with Gasteiger partial charge in [-0.15, -0.1) is 18.8 Å². The Morgan fingerprint density at radius 2 is 0.911 bits per heavy atom. The molecule has 0 heterocycles. The fourth-order valence-electron chi connectivity index (χ4n) is 3.63. The van der Waals surface area contributed by atoms with Gasteiger partial charge in [-0.2, -0.15) is 0 Å². The Bertz CT molecular complexity index is 892. The van der Waals surface area contributed by atoms with Gasteiger partial charge in [0.25, 0.3) is 0 Å². The van der Waals surface area contributed by atoms with Crippen molar-refractivity contribution >= 4 is 17.7 Å². The first-order valence-corrected chi connectivity index (χ1v) is 15.2. The summed E-state index contributed by atoms with van der Waals surface area (Å²) in [6.07, 6.45) is 11.5. The molecule has 45 heavy (non-hydrogen) atoms. The second-order valence-corrected chi connectivity index (χ2v) is 9.74. The van der Waals surface area contributed by atoms with E-state index in [1.807, 2.05) is 0 Å². The smallest absolute Gasteiger partial charge is 0.220 e. The molecule has 0 bridgehead atoms. The van der Waals surface area contributed by atoms with Gasteiger partial charge in [0.05, 0.1) is 59.5 Å². The van der Waals surface area contributed by atoms with Crippen molar-refractivity contribution in [3.05, 3.63) is 0 Å². The normalized spacial score (nSPS) is 10.7. The third-order valence-electron chi connectivity index (χ3n) is 6.09. The average molecular weight is 637 g/mol. The van der Waals surface area contributed by atoms with E-state index in [9.17, 15) is 14.4 Å². The molecular formula is C32H52N4O9. The summed E-state index contributed by atoms with van der Waals surface area (Å²) in [6.45, 7) is 6.85. The number of nitrogens with one attached hydrogen (secondary N) is 3. The summed E-state index contributed by atoms with van der Waals surface area (Å²) in [7, 11) is 0. The molecule has 0 spiro atoms. The number of hydrogen-bond acceptors (Lipinski definition) is 10. The number of amides is 3. The number of terminal acetylenes is 2. The highest BCUT2D eigenvalue weighted by Gasteiger charge is 2.27. The van der Waals surface area contributed by atoms with E-state index in [0.717, 1.165) is 0 Å². The second-order valence-electron chi connectivity index (χ2n) is 9.74. The molecule has 3 amide bonds. The second kappa shape index (κ2) is 30.8. The summed E-state index contributed by atoms with van der Waals surface area (Å²) >= 11 is 0. The molecule has 0 rings (SSSR count). The number of ether oxygens (including phenoxy) is 6. The van der Waals surface area contributed by atoms with Crippen LogP contribution in [0.2, 0.25) is 0 Å². The minimum absolute atomic E-state index is 0.139. The van der Waals surface area contributed by atoms with E-state index < -0.39 is 5.54 Å². The van der Waals surface area contributed by atoms with E-state index in [0.29, 0.717) is 105 Å². The maximum atomic E-state index is 12.5. The fraction of sp³-hybridized carbons (Fsp3) is 0.719. The molecule has 0 aromatic heterocycles. The van der Waals surface area contributed by atoms with Crippen molar-refractivity contribution in [2.24, 2.45) is 5.73 Å². The molecule has 0 saturated heterocycles. The molecule has 0 aromatic carbocycles. The van der Waals surface area contributed by atoms with E-state index in [1.54, 1.807) is 6.92 Å². The largest absolute Gasteiger partial charge is 0.377 e. The molecule has 0 aliphatic carbocycles. The Morgan fingerprint density at radius 1 is 0.578 bits per heavy atom. The van der Waals surface area contributed by atoms with E-state index >= 15 is 0 Å². The first-order valence-electron chi connectivity index (χ1n) is 15.2. The van der Waals surface area contributed by atoms with Gasteiger partial charge in [0, 0.05) is 44.4 Å². The van der Waals surface area contributed by atoms with Gasteiger partial charge < -0.3 is 50.1 Å². The summed E-state index contributed by atoms with van der Waals surface area (Å²) in [5.41, 5.74) is 5.76. The Labute approximate surface area is 268 Å². The lowest BCUT2D eigenvalue weighted by molar-refractivity contribution is -0.121. The Hall–Kier alpha value is -3.19. The van der Waals surface area contributed by atoms with E-state index in [-0.39, 0.29) is 50.2 Å². The summed E-state index contributed by atoms with van der Waals surface area (Å²) in [5.74, 6) is 9.69. The fourth-order valence-corrected chi connectivity index (χ4v) is 3.63. The zero-order valence-corrected chi connectivity index (χ0v) is 26.8. The van der Waals surface area contributed by atoms with Crippen molar-refractivity contribution in [2.45, 2.75) is 51.0 Å². The third kappa shape index (κ3) is 29.3. The zero-order valence-electron chi connectivity index (χ0n) is 26.8. The highest BCUT2D eigenvalue weighted by molar-refractivity contribution is 5.77. The highest BCUT2D eigenvalue weighted by atomic mass is 16.5. The molecule has 0 aliphatic rings. The van der Waals surface area contributed by atoms with Crippen LogP contribution in [0.15, 0.2) is 0 Å². The van der Waals surface area contributed by atoms with Crippen molar-refractivity contribution in [1.29, 1.82) is 0 Å². The summed E-state index contributed by atoms with van der Waals surface area (Å²) in [4.78, 5) is 37.3. The van der Waals surface area contributed by atoms with Crippen LogP contribution in [0, 0.1) is 36.5 Å². The number of carbonyl (C=O) groups is 3. The summed E-state index contributed by atoms with van der Waals surface area (Å²) in [6, 6.07) is 0. The van der Waals surface area contributed by atoms with Crippen molar-refractivity contribution in [2.75, 3.05) is 98.9 Å². The van der Waals surface area contributed by atoms with Crippen LogP contribution in [0.25, 0.3) is 0 Å². The van der Waals surface area contributed by atoms with E-state index in [2.05, 4.69) is 39.6 Å².